The Labute approximate surface area is 87.9 Å². The summed E-state index contributed by atoms with van der Waals surface area (Å²) in [6, 6.07) is 7.86. The summed E-state index contributed by atoms with van der Waals surface area (Å²) in [4.78, 5) is 15.2. The number of Topliss-reactive ketones (excluding diaryl/α,β-unsaturated/α-hetero) is 1. The second-order valence-corrected chi connectivity index (χ2v) is 3.48. The van der Waals surface area contributed by atoms with Crippen LogP contribution in [-0.4, -0.2) is 17.3 Å². The van der Waals surface area contributed by atoms with Gasteiger partial charge in [0.2, 0.25) is 0 Å². The van der Waals surface area contributed by atoms with Crippen LogP contribution in [0.5, 0.6) is 0 Å². The highest BCUT2D eigenvalue weighted by Gasteiger charge is 2.01. The number of hydrogen-bond acceptors (Lipinski definition) is 3. The highest BCUT2D eigenvalue weighted by Crippen LogP contribution is 2.14. The first kappa shape index (κ1) is 9.80. The predicted molar refractivity (Wildman–Crippen MR) is 59.5 cm³/mol. The van der Waals surface area contributed by atoms with Gasteiger partial charge in [0.1, 0.15) is 0 Å². The Hall–Kier alpha value is -1.74. The van der Waals surface area contributed by atoms with E-state index in [1.165, 1.54) is 0 Å². The fourth-order valence-corrected chi connectivity index (χ4v) is 1.54. The summed E-state index contributed by atoms with van der Waals surface area (Å²) in [6.45, 7) is 0.106. The van der Waals surface area contributed by atoms with Crippen molar-refractivity contribution in [1.29, 1.82) is 0 Å². The lowest BCUT2D eigenvalue weighted by molar-refractivity contribution is -0.117. The summed E-state index contributed by atoms with van der Waals surface area (Å²) >= 11 is 0. The summed E-state index contributed by atoms with van der Waals surface area (Å²) in [5.41, 5.74) is 6.28. The maximum Gasteiger partial charge on any atom is 0.150 e. The van der Waals surface area contributed by atoms with Gasteiger partial charge in [-0.05, 0) is 17.0 Å². The van der Waals surface area contributed by atoms with Crippen molar-refractivity contribution in [3.05, 3.63) is 42.2 Å². The Balaban J connectivity index is 2.34. The molecule has 1 heterocycles. The molecule has 15 heavy (non-hydrogen) atoms. The molecule has 1 aromatic heterocycles. The predicted octanol–water partition coefficient (Wildman–Crippen LogP) is 1.31. The normalized spacial score (nSPS) is 10.5. The van der Waals surface area contributed by atoms with Gasteiger partial charge in [0.25, 0.3) is 0 Å². The van der Waals surface area contributed by atoms with Gasteiger partial charge in [0, 0.05) is 24.2 Å². The van der Waals surface area contributed by atoms with Crippen molar-refractivity contribution in [3.8, 4) is 0 Å². The van der Waals surface area contributed by atoms with E-state index in [1.54, 1.807) is 6.20 Å². The monoisotopic (exact) mass is 200 g/mol. The summed E-state index contributed by atoms with van der Waals surface area (Å²) in [7, 11) is 0. The van der Waals surface area contributed by atoms with Crippen LogP contribution in [0.25, 0.3) is 10.8 Å². The second kappa shape index (κ2) is 4.19. The van der Waals surface area contributed by atoms with Crippen LogP contribution in [0.3, 0.4) is 0 Å². The zero-order chi connectivity index (χ0) is 10.7. The van der Waals surface area contributed by atoms with Crippen molar-refractivity contribution in [2.75, 3.05) is 6.54 Å². The molecular formula is C12H12N2O. The molecule has 0 spiro atoms. The van der Waals surface area contributed by atoms with E-state index in [9.17, 15) is 4.79 Å². The molecule has 76 valence electrons. The molecule has 0 unspecified atom stereocenters. The van der Waals surface area contributed by atoms with Crippen molar-refractivity contribution in [2.24, 2.45) is 5.73 Å². The average Bonchev–Trinajstić information content (AvgIpc) is 2.29. The molecule has 0 bridgehead atoms. The molecule has 2 rings (SSSR count). The number of aromatic nitrogens is 1. The number of fused-ring (bicyclic) bond motifs is 1. The van der Waals surface area contributed by atoms with Crippen LogP contribution in [0.1, 0.15) is 5.56 Å². The Bertz CT molecular complexity index is 494. The van der Waals surface area contributed by atoms with Gasteiger partial charge in [0.05, 0.1) is 6.54 Å². The molecule has 0 saturated heterocycles. The molecule has 1 aromatic carbocycles. The van der Waals surface area contributed by atoms with E-state index < -0.39 is 0 Å². The molecular weight excluding hydrogens is 188 g/mol. The number of benzene rings is 1. The van der Waals surface area contributed by atoms with Crippen molar-refractivity contribution in [2.45, 2.75) is 6.42 Å². The smallest absolute Gasteiger partial charge is 0.150 e. The van der Waals surface area contributed by atoms with Crippen LogP contribution in [0, 0.1) is 0 Å². The quantitative estimate of drug-likeness (QED) is 0.812. The van der Waals surface area contributed by atoms with Gasteiger partial charge in [-0.25, -0.2) is 0 Å². The van der Waals surface area contributed by atoms with Crippen molar-refractivity contribution < 1.29 is 4.79 Å². The summed E-state index contributed by atoms with van der Waals surface area (Å²) < 4.78 is 0. The van der Waals surface area contributed by atoms with Crippen LogP contribution < -0.4 is 5.73 Å². The number of hydrogen-bond donors (Lipinski definition) is 1. The topological polar surface area (TPSA) is 56.0 Å². The highest BCUT2D eigenvalue weighted by atomic mass is 16.1. The number of carbonyl (C=O) groups is 1. The lowest BCUT2D eigenvalue weighted by Crippen LogP contribution is -2.15. The number of nitrogens with two attached hydrogens (primary N) is 1. The van der Waals surface area contributed by atoms with Crippen LogP contribution >= 0.6 is 0 Å². The van der Waals surface area contributed by atoms with Gasteiger partial charge in [-0.2, -0.15) is 0 Å². The fourth-order valence-electron chi connectivity index (χ4n) is 1.54. The van der Waals surface area contributed by atoms with Crippen molar-refractivity contribution in [3.63, 3.8) is 0 Å². The van der Waals surface area contributed by atoms with Gasteiger partial charge >= 0.3 is 0 Å². The lowest BCUT2D eigenvalue weighted by atomic mass is 10.0. The van der Waals surface area contributed by atoms with Crippen LogP contribution in [0.2, 0.25) is 0 Å². The molecule has 0 fully saturated rings. The Morgan fingerprint density at radius 3 is 2.93 bits per heavy atom. The van der Waals surface area contributed by atoms with Gasteiger partial charge in [-0.3, -0.25) is 9.78 Å². The minimum absolute atomic E-state index is 0.0587. The highest BCUT2D eigenvalue weighted by molar-refractivity contribution is 5.86. The van der Waals surface area contributed by atoms with E-state index >= 15 is 0 Å². The molecule has 2 aromatic rings. The van der Waals surface area contributed by atoms with Crippen LogP contribution in [0.4, 0.5) is 0 Å². The standard InChI is InChI=1S/C12H12N2O/c13-7-12(15)6-9-1-2-11-8-14-4-3-10(11)5-9/h1-5,8H,6-7,13H2. The zero-order valence-electron chi connectivity index (χ0n) is 8.31. The molecule has 0 aliphatic rings. The van der Waals surface area contributed by atoms with Gasteiger partial charge in [0.15, 0.2) is 5.78 Å². The second-order valence-electron chi connectivity index (χ2n) is 3.48. The van der Waals surface area contributed by atoms with Crippen molar-refractivity contribution >= 4 is 16.6 Å². The molecule has 2 N–H and O–H groups in total. The zero-order valence-corrected chi connectivity index (χ0v) is 8.31. The molecule has 0 amide bonds. The Morgan fingerprint density at radius 2 is 2.13 bits per heavy atom. The largest absolute Gasteiger partial charge is 0.324 e. The molecule has 3 nitrogen and oxygen atoms in total. The molecule has 0 aliphatic carbocycles. The third-order valence-corrected chi connectivity index (χ3v) is 2.33. The first-order valence-electron chi connectivity index (χ1n) is 4.84. The molecule has 0 radical (unpaired) electrons. The Morgan fingerprint density at radius 1 is 1.27 bits per heavy atom. The Kier molecular flexibility index (Phi) is 2.74. The third kappa shape index (κ3) is 2.19. The fraction of sp³-hybridized carbons (Fsp3) is 0.167. The maximum atomic E-state index is 11.2. The average molecular weight is 200 g/mol. The van der Waals surface area contributed by atoms with E-state index in [0.29, 0.717) is 6.42 Å². The third-order valence-electron chi connectivity index (χ3n) is 2.33. The number of nitrogens with zero attached hydrogens (tertiary/aromatic N) is 1. The number of ketones is 1. The first-order chi connectivity index (χ1) is 7.29. The van der Waals surface area contributed by atoms with E-state index in [-0.39, 0.29) is 12.3 Å². The van der Waals surface area contributed by atoms with E-state index in [0.717, 1.165) is 16.3 Å². The maximum absolute atomic E-state index is 11.2. The first-order valence-corrected chi connectivity index (χ1v) is 4.84. The van der Waals surface area contributed by atoms with Crippen LogP contribution in [0.15, 0.2) is 36.7 Å². The summed E-state index contributed by atoms with van der Waals surface area (Å²) in [5, 5.41) is 2.19. The molecule has 0 atom stereocenters. The molecule has 0 saturated carbocycles. The van der Waals surface area contributed by atoms with Gasteiger partial charge in [-0.1, -0.05) is 18.2 Å². The molecule has 3 heteroatoms. The van der Waals surface area contributed by atoms with Crippen LogP contribution in [-0.2, 0) is 11.2 Å². The number of rotatable bonds is 3. The minimum atomic E-state index is 0.0587. The van der Waals surface area contributed by atoms with Gasteiger partial charge < -0.3 is 5.73 Å². The molecule has 0 aliphatic heterocycles. The van der Waals surface area contributed by atoms with Crippen molar-refractivity contribution in [1.82, 2.24) is 4.98 Å². The van der Waals surface area contributed by atoms with E-state index in [1.807, 2.05) is 30.5 Å². The van der Waals surface area contributed by atoms with E-state index in [2.05, 4.69) is 4.98 Å². The minimum Gasteiger partial charge on any atom is -0.324 e. The lowest BCUT2D eigenvalue weighted by Gasteiger charge is -2.01. The van der Waals surface area contributed by atoms with E-state index in [4.69, 9.17) is 5.73 Å². The summed E-state index contributed by atoms with van der Waals surface area (Å²) in [6.07, 6.45) is 3.97. The van der Waals surface area contributed by atoms with Gasteiger partial charge in [-0.15, -0.1) is 0 Å². The number of carbonyl (C=O) groups excluding carboxylic acids is 1. The SMILES string of the molecule is NCC(=O)Cc1ccc2cnccc2c1. The number of pyridine rings is 1. The summed E-state index contributed by atoms with van der Waals surface area (Å²) in [5.74, 6) is 0.0587.